The van der Waals surface area contributed by atoms with Crippen LogP contribution in [0.5, 0.6) is 5.88 Å². The minimum atomic E-state index is -4.66. The van der Waals surface area contributed by atoms with Crippen molar-refractivity contribution in [2.24, 2.45) is 0 Å². The monoisotopic (exact) mass is 574 g/mol. The first kappa shape index (κ1) is 27.4. The van der Waals surface area contributed by atoms with Crippen molar-refractivity contribution in [1.82, 2.24) is 24.9 Å². The number of hydrogen-bond donors (Lipinski definition) is 4. The van der Waals surface area contributed by atoms with Crippen molar-refractivity contribution in [1.29, 1.82) is 0 Å². The molecule has 4 heterocycles. The number of ether oxygens (including phenoxy) is 2. The molecular formula is C25H22F4N8O4. The summed E-state index contributed by atoms with van der Waals surface area (Å²) < 4.78 is 62.3. The Kier molecular flexibility index (Phi) is 7.21. The standard InChI is InChI=1S/C25H22F4N8O4/c1-12-7-32-22(38)17-10-34-37-19(30)18(13-2-4-16(5-3-13)35-24(39)40-11-25(27,28)29)20(36-21(17)37)31-8-14-6-15(26)9-33-23(14)41-12/h2-6,9-10,12H,7-8,11,30H2,1H3,(H,31,36)(H,32,38)(H,35,39)/t12-/m0/s1. The average Bonchev–Trinajstić information content (AvgIpc) is 3.35. The first-order chi connectivity index (χ1) is 19.5. The number of nitrogen functional groups attached to an aromatic ring is 1. The van der Waals surface area contributed by atoms with Crippen LogP contribution in [0.3, 0.4) is 0 Å². The van der Waals surface area contributed by atoms with Crippen LogP contribution < -0.4 is 26.4 Å². The minimum Gasteiger partial charge on any atom is -0.473 e. The number of amides is 2. The number of fused-ring (bicyclic) bond motifs is 2. The molecule has 4 aromatic rings. The number of carbonyl (C=O) groups is 2. The summed E-state index contributed by atoms with van der Waals surface area (Å²) >= 11 is 0. The maximum Gasteiger partial charge on any atom is 0.422 e. The van der Waals surface area contributed by atoms with Crippen LogP contribution in [0, 0.1) is 5.82 Å². The topological polar surface area (TPSA) is 158 Å². The summed E-state index contributed by atoms with van der Waals surface area (Å²) in [6.07, 6.45) is -4.11. The Morgan fingerprint density at radius 3 is 2.73 bits per heavy atom. The van der Waals surface area contributed by atoms with E-state index in [2.05, 4.69) is 35.8 Å². The van der Waals surface area contributed by atoms with E-state index in [0.29, 0.717) is 16.7 Å². The van der Waals surface area contributed by atoms with Gasteiger partial charge in [-0.2, -0.15) is 22.8 Å². The number of anilines is 3. The van der Waals surface area contributed by atoms with Gasteiger partial charge < -0.3 is 25.8 Å². The first-order valence-electron chi connectivity index (χ1n) is 12.1. The zero-order chi connectivity index (χ0) is 29.3. The zero-order valence-electron chi connectivity index (χ0n) is 21.3. The zero-order valence-corrected chi connectivity index (χ0v) is 21.3. The van der Waals surface area contributed by atoms with E-state index < -0.39 is 36.7 Å². The molecule has 0 unspecified atom stereocenters. The Balaban J connectivity index is 1.53. The number of halogens is 4. The fourth-order valence-corrected chi connectivity index (χ4v) is 4.05. The molecule has 3 aromatic heterocycles. The molecule has 2 bridgehead atoms. The van der Waals surface area contributed by atoms with Crippen LogP contribution in [0.4, 0.5) is 39.7 Å². The molecule has 16 heteroatoms. The van der Waals surface area contributed by atoms with Gasteiger partial charge in [-0.25, -0.2) is 19.2 Å². The maximum atomic E-state index is 14.1. The molecule has 2 amide bonds. The molecule has 1 atom stereocenters. The third-order valence-corrected chi connectivity index (χ3v) is 5.92. The lowest BCUT2D eigenvalue weighted by molar-refractivity contribution is -0.159. The van der Waals surface area contributed by atoms with Crippen molar-refractivity contribution in [2.75, 3.05) is 29.5 Å². The molecule has 1 aromatic carbocycles. The highest BCUT2D eigenvalue weighted by atomic mass is 19.4. The predicted molar refractivity (Wildman–Crippen MR) is 138 cm³/mol. The van der Waals surface area contributed by atoms with E-state index >= 15 is 0 Å². The van der Waals surface area contributed by atoms with E-state index in [-0.39, 0.29) is 47.5 Å². The highest BCUT2D eigenvalue weighted by Crippen LogP contribution is 2.35. The van der Waals surface area contributed by atoms with E-state index in [1.807, 2.05) is 0 Å². The van der Waals surface area contributed by atoms with Gasteiger partial charge in [0.05, 0.1) is 24.5 Å². The third-order valence-electron chi connectivity index (χ3n) is 5.92. The van der Waals surface area contributed by atoms with Crippen LogP contribution in [0.25, 0.3) is 16.8 Å². The van der Waals surface area contributed by atoms with E-state index in [1.165, 1.54) is 41.0 Å². The fraction of sp³-hybridized carbons (Fsp3) is 0.240. The number of alkyl halides is 3. The lowest BCUT2D eigenvalue weighted by atomic mass is 10.1. The number of nitrogens with one attached hydrogen (secondary N) is 3. The second-order valence-electron chi connectivity index (χ2n) is 9.02. The van der Waals surface area contributed by atoms with Crippen molar-refractivity contribution in [3.8, 4) is 17.0 Å². The van der Waals surface area contributed by atoms with Crippen LogP contribution in [-0.4, -0.2) is 57.0 Å². The highest BCUT2D eigenvalue weighted by Gasteiger charge is 2.29. The lowest BCUT2D eigenvalue weighted by Crippen LogP contribution is -2.33. The Bertz CT molecular complexity index is 1620. The maximum absolute atomic E-state index is 14.1. The third kappa shape index (κ3) is 6.05. The van der Waals surface area contributed by atoms with Crippen molar-refractivity contribution in [2.45, 2.75) is 25.7 Å². The molecule has 0 saturated heterocycles. The number of carbonyl (C=O) groups excluding carboxylic acids is 2. The molecule has 214 valence electrons. The lowest BCUT2D eigenvalue weighted by Gasteiger charge is -2.18. The molecule has 0 aliphatic carbocycles. The molecule has 0 spiro atoms. The number of hydrogen-bond acceptors (Lipinski definition) is 9. The SMILES string of the molecule is C[C@H]1CNC(=O)c2cnn3c(N)c(-c4ccc(NC(=O)OCC(F)(F)F)cc4)c(nc23)NCc2cc(F)cnc2O1. The van der Waals surface area contributed by atoms with E-state index in [1.54, 1.807) is 6.92 Å². The second kappa shape index (κ2) is 10.8. The van der Waals surface area contributed by atoms with Gasteiger partial charge >= 0.3 is 12.3 Å². The van der Waals surface area contributed by atoms with Gasteiger partial charge in [0, 0.05) is 17.8 Å². The molecule has 12 nitrogen and oxygen atoms in total. The highest BCUT2D eigenvalue weighted by molar-refractivity contribution is 6.01. The van der Waals surface area contributed by atoms with Gasteiger partial charge in [0.15, 0.2) is 12.3 Å². The van der Waals surface area contributed by atoms with Crippen molar-refractivity contribution < 1.29 is 36.6 Å². The normalized spacial score (nSPS) is 15.4. The summed E-state index contributed by atoms with van der Waals surface area (Å²) in [6.45, 7) is 0.119. The molecule has 0 fully saturated rings. The number of benzene rings is 1. The van der Waals surface area contributed by atoms with Crippen LogP contribution in [0.1, 0.15) is 22.8 Å². The minimum absolute atomic E-state index is 0.0119. The number of pyridine rings is 1. The molecule has 1 aliphatic heterocycles. The Hall–Kier alpha value is -5.15. The van der Waals surface area contributed by atoms with Gasteiger partial charge in [-0.1, -0.05) is 12.1 Å². The Labute approximate surface area is 228 Å². The number of aromatic nitrogens is 4. The van der Waals surface area contributed by atoms with Gasteiger partial charge in [-0.05, 0) is 30.7 Å². The number of nitrogens with two attached hydrogens (primary N) is 1. The van der Waals surface area contributed by atoms with Gasteiger partial charge in [0.25, 0.3) is 5.91 Å². The van der Waals surface area contributed by atoms with Crippen LogP contribution in [-0.2, 0) is 11.3 Å². The van der Waals surface area contributed by atoms with E-state index in [0.717, 1.165) is 6.20 Å². The molecule has 5 rings (SSSR count). The van der Waals surface area contributed by atoms with Gasteiger partial charge in [-0.3, -0.25) is 10.1 Å². The van der Waals surface area contributed by atoms with E-state index in [4.69, 9.17) is 10.5 Å². The number of rotatable bonds is 3. The summed E-state index contributed by atoms with van der Waals surface area (Å²) in [6, 6.07) is 7.17. The van der Waals surface area contributed by atoms with Crippen molar-refractivity contribution in [3.63, 3.8) is 0 Å². The molecule has 41 heavy (non-hydrogen) atoms. The summed E-state index contributed by atoms with van der Waals surface area (Å²) in [5.74, 6) is -0.597. The summed E-state index contributed by atoms with van der Waals surface area (Å²) in [4.78, 5) is 33.3. The average molecular weight is 574 g/mol. The van der Waals surface area contributed by atoms with Gasteiger partial charge in [-0.15, -0.1) is 0 Å². The largest absolute Gasteiger partial charge is 0.473 e. The second-order valence-corrected chi connectivity index (χ2v) is 9.02. The Morgan fingerprint density at radius 2 is 2.00 bits per heavy atom. The molecule has 0 radical (unpaired) electrons. The fourth-order valence-electron chi connectivity index (χ4n) is 4.05. The summed E-state index contributed by atoms with van der Waals surface area (Å²) in [5, 5.41) is 12.3. The Morgan fingerprint density at radius 1 is 1.24 bits per heavy atom. The summed E-state index contributed by atoms with van der Waals surface area (Å²) in [7, 11) is 0. The first-order valence-corrected chi connectivity index (χ1v) is 12.1. The molecule has 1 aliphatic rings. The van der Waals surface area contributed by atoms with Crippen LogP contribution in [0.2, 0.25) is 0 Å². The molecule has 0 saturated carbocycles. The van der Waals surface area contributed by atoms with Crippen LogP contribution >= 0.6 is 0 Å². The van der Waals surface area contributed by atoms with Crippen LogP contribution in [0.15, 0.2) is 42.7 Å². The van der Waals surface area contributed by atoms with Crippen molar-refractivity contribution in [3.05, 3.63) is 59.7 Å². The molecular weight excluding hydrogens is 552 g/mol. The quantitative estimate of drug-likeness (QED) is 0.268. The summed E-state index contributed by atoms with van der Waals surface area (Å²) in [5.41, 5.74) is 8.14. The number of nitrogens with zero attached hydrogens (tertiary/aromatic N) is 4. The van der Waals surface area contributed by atoms with Gasteiger partial charge in [0.2, 0.25) is 5.88 Å². The smallest absolute Gasteiger partial charge is 0.422 e. The predicted octanol–water partition coefficient (Wildman–Crippen LogP) is 3.75. The van der Waals surface area contributed by atoms with E-state index in [9.17, 15) is 27.2 Å². The van der Waals surface area contributed by atoms with Gasteiger partial charge in [0.1, 0.15) is 29.1 Å². The molecule has 5 N–H and O–H groups in total. The van der Waals surface area contributed by atoms with Crippen molar-refractivity contribution >= 4 is 35.0 Å².